The predicted octanol–water partition coefficient (Wildman–Crippen LogP) is 4.52. The molecule has 4 heterocycles. The van der Waals surface area contributed by atoms with E-state index in [4.69, 9.17) is 4.42 Å². The normalized spacial score (nSPS) is 15.4. The highest BCUT2D eigenvalue weighted by Crippen LogP contribution is 2.27. The Balaban J connectivity index is 1.33. The van der Waals surface area contributed by atoms with Crippen molar-refractivity contribution in [1.82, 2.24) is 19.9 Å². The highest BCUT2D eigenvalue weighted by molar-refractivity contribution is 5.96. The van der Waals surface area contributed by atoms with Gasteiger partial charge in [0.05, 0.1) is 6.42 Å². The Kier molecular flexibility index (Phi) is 5.30. The van der Waals surface area contributed by atoms with Gasteiger partial charge in [0.15, 0.2) is 11.7 Å². The van der Waals surface area contributed by atoms with Crippen molar-refractivity contribution in [3.05, 3.63) is 78.5 Å². The van der Waals surface area contributed by atoms with Crippen LogP contribution in [0.2, 0.25) is 0 Å². The van der Waals surface area contributed by atoms with Crippen molar-refractivity contribution in [2.45, 2.75) is 25.2 Å². The molecule has 156 valence electrons. The first-order valence-electron chi connectivity index (χ1n) is 10.6. The summed E-state index contributed by atoms with van der Waals surface area (Å²) in [5.74, 6) is 0.907. The minimum absolute atomic E-state index is 0.0711. The van der Waals surface area contributed by atoms with Gasteiger partial charge >= 0.3 is 0 Å². The quantitative estimate of drug-likeness (QED) is 0.449. The zero-order valence-electron chi connectivity index (χ0n) is 17.5. The van der Waals surface area contributed by atoms with E-state index < -0.39 is 0 Å². The fourth-order valence-electron chi connectivity index (χ4n) is 4.11. The second-order valence-corrected chi connectivity index (χ2v) is 8.23. The molecule has 1 aliphatic rings. The number of Topliss-reactive ketones (excluding diaryl/α,β-unsaturated/α-hetero) is 1. The molecule has 0 aliphatic carbocycles. The topological polar surface area (TPSA) is 72.1 Å². The molecule has 0 radical (unpaired) electrons. The van der Waals surface area contributed by atoms with Gasteiger partial charge in [0, 0.05) is 41.2 Å². The number of aromatic nitrogens is 3. The van der Waals surface area contributed by atoms with Gasteiger partial charge in [0.2, 0.25) is 0 Å². The molecule has 1 saturated heterocycles. The average Bonchev–Trinajstić information content (AvgIpc) is 3.30. The van der Waals surface area contributed by atoms with E-state index in [2.05, 4.69) is 39.0 Å². The fourth-order valence-corrected chi connectivity index (χ4v) is 4.11. The molecule has 0 unspecified atom stereocenters. The lowest BCUT2D eigenvalue weighted by Gasteiger charge is -2.26. The Bertz CT molecular complexity index is 1210. The Morgan fingerprint density at radius 3 is 2.77 bits per heavy atom. The Morgan fingerprint density at radius 2 is 1.97 bits per heavy atom. The van der Waals surface area contributed by atoms with Crippen molar-refractivity contribution >= 4 is 16.6 Å². The van der Waals surface area contributed by atoms with E-state index in [1.807, 2.05) is 36.7 Å². The molecule has 31 heavy (non-hydrogen) atoms. The number of benzene rings is 1. The highest BCUT2D eigenvalue weighted by atomic mass is 16.3. The van der Waals surface area contributed by atoms with Gasteiger partial charge in [-0.15, -0.1) is 0 Å². The van der Waals surface area contributed by atoms with Crippen molar-refractivity contribution in [2.75, 3.05) is 20.1 Å². The summed E-state index contributed by atoms with van der Waals surface area (Å²) >= 11 is 0. The predicted molar refractivity (Wildman–Crippen MR) is 119 cm³/mol. The maximum atomic E-state index is 12.8. The van der Waals surface area contributed by atoms with Crippen LogP contribution in [0.15, 0.2) is 65.7 Å². The van der Waals surface area contributed by atoms with Crippen molar-refractivity contribution in [2.24, 2.45) is 0 Å². The summed E-state index contributed by atoms with van der Waals surface area (Å²) in [5, 5.41) is 2.08. The van der Waals surface area contributed by atoms with E-state index in [9.17, 15) is 4.79 Å². The van der Waals surface area contributed by atoms with Crippen LogP contribution in [-0.2, 0) is 6.42 Å². The van der Waals surface area contributed by atoms with Gasteiger partial charge in [-0.25, -0.2) is 4.98 Å². The summed E-state index contributed by atoms with van der Waals surface area (Å²) in [6.45, 7) is 2.05. The van der Waals surface area contributed by atoms with Gasteiger partial charge in [-0.3, -0.25) is 14.8 Å². The number of fused-ring (bicyclic) bond motifs is 1. The molecule has 1 fully saturated rings. The molecule has 0 saturated carbocycles. The summed E-state index contributed by atoms with van der Waals surface area (Å²) in [4.78, 5) is 28.3. The second-order valence-electron chi connectivity index (χ2n) is 8.23. The number of hydrogen-bond donors (Lipinski definition) is 0. The van der Waals surface area contributed by atoms with Crippen LogP contribution in [0.3, 0.4) is 0 Å². The number of hydrogen-bond acceptors (Lipinski definition) is 6. The molecule has 6 nitrogen and oxygen atoms in total. The van der Waals surface area contributed by atoms with E-state index >= 15 is 0 Å². The zero-order valence-corrected chi connectivity index (χ0v) is 17.5. The first-order valence-corrected chi connectivity index (χ1v) is 10.6. The summed E-state index contributed by atoms with van der Waals surface area (Å²) in [6, 6.07) is 12.1. The van der Waals surface area contributed by atoms with Gasteiger partial charge in [-0.2, -0.15) is 0 Å². The third kappa shape index (κ3) is 4.25. The maximum Gasteiger partial charge on any atom is 0.197 e. The summed E-state index contributed by atoms with van der Waals surface area (Å²) in [7, 11) is 2.12. The van der Waals surface area contributed by atoms with Gasteiger partial charge < -0.3 is 9.32 Å². The molecule has 0 bridgehead atoms. The zero-order chi connectivity index (χ0) is 21.2. The van der Waals surface area contributed by atoms with Crippen LogP contribution in [-0.4, -0.2) is 45.8 Å². The maximum absolute atomic E-state index is 12.8. The first kappa shape index (κ1) is 19.6. The van der Waals surface area contributed by atoms with Crippen LogP contribution < -0.4 is 0 Å². The summed E-state index contributed by atoms with van der Waals surface area (Å²) < 4.78 is 5.66. The van der Waals surface area contributed by atoms with Crippen LogP contribution >= 0.6 is 0 Å². The number of nitrogens with zero attached hydrogens (tertiary/aromatic N) is 4. The fraction of sp³-hybridized carbons (Fsp3) is 0.280. The Hall–Kier alpha value is -3.38. The number of rotatable bonds is 5. The molecule has 0 amide bonds. The van der Waals surface area contributed by atoms with Crippen molar-refractivity contribution in [3.63, 3.8) is 0 Å². The minimum Gasteiger partial charge on any atom is -0.448 e. The van der Waals surface area contributed by atoms with Crippen LogP contribution in [0.4, 0.5) is 0 Å². The van der Waals surface area contributed by atoms with Crippen molar-refractivity contribution < 1.29 is 9.21 Å². The number of likely N-dealkylation sites (tertiary alicyclic amines) is 1. The minimum atomic E-state index is -0.0711. The molecule has 1 aliphatic heterocycles. The molecule has 4 aromatic rings. The summed E-state index contributed by atoms with van der Waals surface area (Å²) in [6.07, 6.45) is 9.15. The Morgan fingerprint density at radius 1 is 1.10 bits per heavy atom. The molecule has 1 aromatic carbocycles. The van der Waals surface area contributed by atoms with Crippen molar-refractivity contribution in [1.29, 1.82) is 0 Å². The molecule has 0 N–H and O–H groups in total. The number of carbonyl (C=O) groups excluding carboxylic acids is 1. The van der Waals surface area contributed by atoms with E-state index in [1.54, 1.807) is 6.20 Å². The lowest BCUT2D eigenvalue weighted by molar-refractivity contribution is 0.0987. The molecule has 0 atom stereocenters. The lowest BCUT2D eigenvalue weighted by Crippen LogP contribution is -2.29. The average molecular weight is 412 g/mol. The molecular formula is C25H24N4O2. The Labute approximate surface area is 181 Å². The third-order valence-electron chi connectivity index (χ3n) is 5.99. The van der Waals surface area contributed by atoms with Gasteiger partial charge in [0.1, 0.15) is 12.0 Å². The molecule has 0 spiro atoms. The smallest absolute Gasteiger partial charge is 0.197 e. The van der Waals surface area contributed by atoms with Crippen LogP contribution in [0, 0.1) is 0 Å². The van der Waals surface area contributed by atoms with Crippen molar-refractivity contribution in [3.8, 4) is 11.1 Å². The van der Waals surface area contributed by atoms with Gasteiger partial charge in [-0.1, -0.05) is 18.2 Å². The second kappa shape index (κ2) is 8.40. The number of piperidine rings is 1. The molecular weight excluding hydrogens is 388 g/mol. The number of carbonyl (C=O) groups is 1. The van der Waals surface area contributed by atoms with E-state index in [1.165, 1.54) is 6.26 Å². The molecule has 6 heteroatoms. The van der Waals surface area contributed by atoms with E-state index in [0.717, 1.165) is 53.5 Å². The van der Waals surface area contributed by atoms with Gasteiger partial charge in [0.25, 0.3) is 0 Å². The number of oxazole rings is 1. The SMILES string of the molecule is CN1CCC(c2nc(C(=O)Cc3cc4cc(-c5cccnc5)ccc4cn3)co2)CC1. The lowest BCUT2D eigenvalue weighted by atomic mass is 9.97. The monoisotopic (exact) mass is 412 g/mol. The highest BCUT2D eigenvalue weighted by Gasteiger charge is 2.24. The van der Waals surface area contributed by atoms with E-state index in [0.29, 0.717) is 17.5 Å². The largest absolute Gasteiger partial charge is 0.448 e. The first-order chi connectivity index (χ1) is 15.2. The van der Waals surface area contributed by atoms with Gasteiger partial charge in [-0.05, 0) is 62.1 Å². The third-order valence-corrected chi connectivity index (χ3v) is 5.99. The standard InChI is InChI=1S/C25H24N4O2/c1-29-9-6-17(7-10-29)25-28-23(16-31-25)24(30)13-22-12-21-11-18(4-5-20(21)15-27-22)19-3-2-8-26-14-19/h2-5,8,11-12,14-17H,6-7,9-10,13H2,1H3. The van der Waals surface area contributed by atoms with E-state index in [-0.39, 0.29) is 12.2 Å². The molecule has 3 aromatic heterocycles. The van der Waals surface area contributed by atoms with Crippen LogP contribution in [0.25, 0.3) is 21.9 Å². The van der Waals surface area contributed by atoms with Crippen LogP contribution in [0.1, 0.15) is 40.8 Å². The summed E-state index contributed by atoms with van der Waals surface area (Å²) in [5.41, 5.74) is 3.26. The number of ketones is 1. The molecule has 5 rings (SSSR count). The number of pyridine rings is 2. The van der Waals surface area contributed by atoms with Crippen LogP contribution in [0.5, 0.6) is 0 Å².